The summed E-state index contributed by atoms with van der Waals surface area (Å²) in [4.78, 5) is 29.5. The highest BCUT2D eigenvalue weighted by Gasteiger charge is 2.46. The van der Waals surface area contributed by atoms with Crippen molar-refractivity contribution in [3.63, 3.8) is 0 Å². The Labute approximate surface area is 372 Å². The predicted molar refractivity (Wildman–Crippen MR) is 247 cm³/mol. The number of nitrogens with one attached hydrogen (secondary N) is 3. The van der Waals surface area contributed by atoms with Gasteiger partial charge in [-0.3, -0.25) is 9.69 Å². The first kappa shape index (κ1) is 44.1. The van der Waals surface area contributed by atoms with E-state index in [0.29, 0.717) is 36.5 Å². The second-order valence-electron chi connectivity index (χ2n) is 18.5. The van der Waals surface area contributed by atoms with E-state index in [2.05, 4.69) is 70.2 Å². The minimum absolute atomic E-state index is 0.0135. The van der Waals surface area contributed by atoms with Crippen LogP contribution in [0.25, 0.3) is 11.1 Å². The van der Waals surface area contributed by atoms with Crippen molar-refractivity contribution in [2.45, 2.75) is 115 Å². The van der Waals surface area contributed by atoms with Crippen LogP contribution in [-0.4, -0.2) is 52.2 Å². The summed E-state index contributed by atoms with van der Waals surface area (Å²) in [5.41, 5.74) is 6.11. The summed E-state index contributed by atoms with van der Waals surface area (Å²) >= 11 is 0. The number of para-hydroxylation sites is 1. The summed E-state index contributed by atoms with van der Waals surface area (Å²) < 4.78 is 19.8. The average Bonchev–Trinajstić information content (AvgIpc) is 3.29. The van der Waals surface area contributed by atoms with Crippen LogP contribution in [0.15, 0.2) is 127 Å². The van der Waals surface area contributed by atoms with Crippen molar-refractivity contribution < 1.29 is 28.9 Å². The lowest BCUT2D eigenvalue weighted by molar-refractivity contribution is -0.278. The highest BCUT2D eigenvalue weighted by molar-refractivity contribution is 5.89. The van der Waals surface area contributed by atoms with Crippen LogP contribution in [0.3, 0.4) is 0 Å². The molecule has 0 aromatic heterocycles. The smallest absolute Gasteiger partial charge is 0.319 e. The van der Waals surface area contributed by atoms with E-state index in [1.807, 2.05) is 106 Å². The Morgan fingerprint density at radius 2 is 1.44 bits per heavy atom. The number of likely N-dealkylation sites (tertiary alicyclic amines) is 1. The van der Waals surface area contributed by atoms with Gasteiger partial charge >= 0.3 is 6.03 Å². The van der Waals surface area contributed by atoms with Gasteiger partial charge in [0.1, 0.15) is 11.5 Å². The van der Waals surface area contributed by atoms with Gasteiger partial charge in [0.2, 0.25) is 5.91 Å². The summed E-state index contributed by atoms with van der Waals surface area (Å²) in [7, 11) is 0. The molecule has 0 spiro atoms. The summed E-state index contributed by atoms with van der Waals surface area (Å²) in [6.45, 7) is 9.29. The van der Waals surface area contributed by atoms with Crippen LogP contribution in [0.1, 0.15) is 101 Å². The molecular formula is C53H62N4O6. The molecule has 7 atom stereocenters. The summed E-state index contributed by atoms with van der Waals surface area (Å²) in [6, 6.07) is 41.1. The second-order valence-corrected chi connectivity index (χ2v) is 18.5. The Hall–Kier alpha value is -5.52. The second kappa shape index (κ2) is 19.9. The lowest BCUT2D eigenvalue weighted by atomic mass is 9.75. The molecule has 0 radical (unpaired) electrons. The fraction of sp³-hybridized carbons (Fsp3) is 0.396. The van der Waals surface area contributed by atoms with Crippen LogP contribution in [-0.2, 0) is 27.4 Å². The van der Waals surface area contributed by atoms with Crippen molar-refractivity contribution in [1.82, 2.24) is 15.5 Å². The number of amides is 3. The zero-order valence-corrected chi connectivity index (χ0v) is 37.0. The molecular weight excluding hydrogens is 789 g/mol. The number of fused-ring (bicyclic) bond motifs is 1. The molecule has 63 heavy (non-hydrogen) atoms. The quantitative estimate of drug-likeness (QED) is 0.0986. The molecule has 3 aliphatic rings. The average molecular weight is 851 g/mol. The molecule has 10 heteroatoms. The number of anilines is 1. The standard InChI is InChI=1S/C53H62N4O6/c1-35-48(33-57-46-17-11-9-12-38(46)26-31-47(57)50(59)56-53(2,3)4)62-51(63-49(35)39-20-18-36(34-58)19-21-39)40-24-22-37(23-25-40)45-16-10-8-13-41(45)32-54-52(60)55-42-27-29-44(30-28-42)61-43-14-6-5-7-15-43/h5-8,10,13-16,18-25,27-30,35,38,46-49,51,58H,9,11-12,17,26,31-34H2,1-4H3,(H,56,59)(H2,54,55,60)/t35-,38-,46-,47-,48+,49+,51+/m1/s1. The number of carbonyl (C=O) groups is 2. The number of rotatable bonds is 12. The SMILES string of the molecule is C[C@@H]1[C@H](CN2[C@@H](C(=O)NC(C)(C)C)CC[C@H]3CCCC[C@H]32)O[C@H](c2ccc(-c3ccccc3CNC(=O)Nc3ccc(Oc4ccccc4)cc3)cc2)O[C@@H]1c1ccc(CO)cc1. The highest BCUT2D eigenvalue weighted by Crippen LogP contribution is 2.45. The van der Waals surface area contributed by atoms with Crippen molar-refractivity contribution in [1.29, 1.82) is 0 Å². The zero-order chi connectivity index (χ0) is 43.9. The first-order valence-corrected chi connectivity index (χ1v) is 22.7. The maximum absolute atomic E-state index is 14.0. The monoisotopic (exact) mass is 850 g/mol. The number of hydrogen-bond donors (Lipinski definition) is 4. The zero-order valence-electron chi connectivity index (χ0n) is 37.0. The van der Waals surface area contributed by atoms with Gasteiger partial charge in [0.15, 0.2) is 6.29 Å². The van der Waals surface area contributed by atoms with E-state index >= 15 is 0 Å². The van der Waals surface area contributed by atoms with Gasteiger partial charge in [0, 0.05) is 41.8 Å². The minimum Gasteiger partial charge on any atom is -0.457 e. The molecule has 1 saturated carbocycles. The van der Waals surface area contributed by atoms with Gasteiger partial charge in [-0.25, -0.2) is 4.79 Å². The molecule has 8 rings (SSSR count). The maximum Gasteiger partial charge on any atom is 0.319 e. The minimum atomic E-state index is -0.642. The number of aliphatic hydroxyl groups is 1. The number of piperidine rings is 1. The van der Waals surface area contributed by atoms with Crippen LogP contribution >= 0.6 is 0 Å². The number of benzene rings is 5. The van der Waals surface area contributed by atoms with E-state index in [9.17, 15) is 14.7 Å². The molecule has 5 aromatic rings. The van der Waals surface area contributed by atoms with Crippen LogP contribution < -0.4 is 20.7 Å². The lowest BCUT2D eigenvalue weighted by Gasteiger charge is -2.51. The van der Waals surface area contributed by atoms with Gasteiger partial charge < -0.3 is 35.3 Å². The number of carbonyl (C=O) groups excluding carboxylic acids is 2. The molecule has 10 nitrogen and oxygen atoms in total. The topological polar surface area (TPSA) is 121 Å². The number of ether oxygens (including phenoxy) is 3. The Balaban J connectivity index is 0.982. The van der Waals surface area contributed by atoms with Gasteiger partial charge in [-0.05, 0) is 117 Å². The lowest BCUT2D eigenvalue weighted by Crippen LogP contribution is -2.61. The molecule has 3 amide bonds. The van der Waals surface area contributed by atoms with E-state index in [0.717, 1.165) is 58.4 Å². The van der Waals surface area contributed by atoms with Gasteiger partial charge in [-0.2, -0.15) is 0 Å². The Morgan fingerprint density at radius 1 is 0.762 bits per heavy atom. The van der Waals surface area contributed by atoms with Gasteiger partial charge in [-0.15, -0.1) is 0 Å². The number of urea groups is 1. The fourth-order valence-corrected chi connectivity index (χ4v) is 9.62. The Morgan fingerprint density at radius 3 is 2.17 bits per heavy atom. The van der Waals surface area contributed by atoms with Crippen LogP contribution in [0.2, 0.25) is 0 Å². The number of hydrogen-bond acceptors (Lipinski definition) is 7. The van der Waals surface area contributed by atoms with Gasteiger partial charge in [0.25, 0.3) is 0 Å². The Kier molecular flexibility index (Phi) is 13.9. The fourth-order valence-electron chi connectivity index (χ4n) is 9.62. The molecule has 2 aliphatic heterocycles. The molecule has 0 unspecified atom stereocenters. The van der Waals surface area contributed by atoms with Crippen molar-refractivity contribution >= 4 is 17.6 Å². The van der Waals surface area contributed by atoms with E-state index in [1.54, 1.807) is 0 Å². The van der Waals surface area contributed by atoms with Crippen molar-refractivity contribution in [2.24, 2.45) is 11.8 Å². The van der Waals surface area contributed by atoms with E-state index < -0.39 is 6.29 Å². The van der Waals surface area contributed by atoms with E-state index in [4.69, 9.17) is 14.2 Å². The number of aliphatic hydroxyl groups excluding tert-OH is 1. The van der Waals surface area contributed by atoms with E-state index in [1.165, 1.54) is 19.3 Å². The highest BCUT2D eigenvalue weighted by atomic mass is 16.7. The largest absolute Gasteiger partial charge is 0.457 e. The number of nitrogens with zero attached hydrogens (tertiary/aromatic N) is 1. The molecule has 3 fully saturated rings. The molecule has 330 valence electrons. The first-order chi connectivity index (χ1) is 30.5. The molecule has 1 aliphatic carbocycles. The van der Waals surface area contributed by atoms with E-state index in [-0.39, 0.29) is 48.3 Å². The van der Waals surface area contributed by atoms with Gasteiger partial charge in [-0.1, -0.05) is 111 Å². The molecule has 0 bridgehead atoms. The third kappa shape index (κ3) is 11.0. The summed E-state index contributed by atoms with van der Waals surface area (Å²) in [5.74, 6) is 2.10. The van der Waals surface area contributed by atoms with Crippen LogP contribution in [0.4, 0.5) is 10.5 Å². The summed E-state index contributed by atoms with van der Waals surface area (Å²) in [5, 5.41) is 19.0. The third-order valence-corrected chi connectivity index (χ3v) is 12.9. The molecule has 4 N–H and O–H groups in total. The molecule has 2 saturated heterocycles. The maximum atomic E-state index is 14.0. The van der Waals surface area contributed by atoms with Crippen LogP contribution in [0.5, 0.6) is 11.5 Å². The van der Waals surface area contributed by atoms with Crippen molar-refractivity contribution in [3.05, 3.63) is 150 Å². The molecule has 5 aromatic carbocycles. The summed E-state index contributed by atoms with van der Waals surface area (Å²) in [6.07, 6.45) is 5.53. The van der Waals surface area contributed by atoms with Crippen molar-refractivity contribution in [2.75, 3.05) is 11.9 Å². The third-order valence-electron chi connectivity index (χ3n) is 12.9. The Bertz CT molecular complexity index is 2280. The normalized spacial score (nSPS) is 23.9. The van der Waals surface area contributed by atoms with Gasteiger partial charge in [0.05, 0.1) is 24.9 Å². The first-order valence-electron chi connectivity index (χ1n) is 22.7. The molecule has 2 heterocycles. The van der Waals surface area contributed by atoms with Crippen molar-refractivity contribution in [3.8, 4) is 22.6 Å². The van der Waals surface area contributed by atoms with Crippen LogP contribution in [0, 0.1) is 11.8 Å². The predicted octanol–water partition coefficient (Wildman–Crippen LogP) is 10.7.